The maximum absolute atomic E-state index is 12.4. The lowest BCUT2D eigenvalue weighted by molar-refractivity contribution is -0.125. The van der Waals surface area contributed by atoms with Crippen LogP contribution in [0.1, 0.15) is 50.5 Å². The molecule has 0 radical (unpaired) electrons. The van der Waals surface area contributed by atoms with E-state index in [1.54, 1.807) is 0 Å². The van der Waals surface area contributed by atoms with E-state index in [9.17, 15) is 4.79 Å². The van der Waals surface area contributed by atoms with Crippen molar-refractivity contribution in [2.24, 2.45) is 5.92 Å². The minimum atomic E-state index is 0.314. The van der Waals surface area contributed by atoms with Gasteiger partial charge in [-0.05, 0) is 44.1 Å². The van der Waals surface area contributed by atoms with Gasteiger partial charge >= 0.3 is 0 Å². The first-order valence-electron chi connectivity index (χ1n) is 8.71. The lowest BCUT2D eigenvalue weighted by Crippen LogP contribution is -2.44. The molecule has 0 spiro atoms. The number of benzene rings is 1. The van der Waals surface area contributed by atoms with Crippen molar-refractivity contribution in [1.29, 1.82) is 0 Å². The number of allylic oxidation sites excluding steroid dienone is 1. The van der Waals surface area contributed by atoms with Crippen LogP contribution in [0.25, 0.3) is 0 Å². The second-order valence-corrected chi connectivity index (χ2v) is 6.86. The molecule has 2 fully saturated rings. The van der Waals surface area contributed by atoms with Crippen LogP contribution in [0.2, 0.25) is 0 Å². The topological polar surface area (TPSA) is 20.3 Å². The van der Waals surface area contributed by atoms with Gasteiger partial charge in [0.05, 0.1) is 0 Å². The van der Waals surface area contributed by atoms with Crippen LogP contribution < -0.4 is 0 Å². The Morgan fingerprint density at radius 3 is 2.50 bits per heavy atom. The molecule has 2 heterocycles. The summed E-state index contributed by atoms with van der Waals surface area (Å²) >= 11 is 0. The van der Waals surface area contributed by atoms with Crippen molar-refractivity contribution in [3.05, 3.63) is 48.6 Å². The van der Waals surface area contributed by atoms with E-state index in [-0.39, 0.29) is 0 Å². The Bertz CT molecular complexity index is 496. The molecule has 2 aliphatic rings. The molecule has 0 saturated carbocycles. The van der Waals surface area contributed by atoms with Gasteiger partial charge in [0, 0.05) is 31.0 Å². The fourth-order valence-electron chi connectivity index (χ4n) is 4.21. The summed E-state index contributed by atoms with van der Waals surface area (Å²) < 4.78 is 0. The second-order valence-electron chi connectivity index (χ2n) is 6.86. The van der Waals surface area contributed by atoms with Gasteiger partial charge in [-0.1, -0.05) is 36.4 Å². The largest absolute Gasteiger partial charge is 0.299 e. The van der Waals surface area contributed by atoms with Gasteiger partial charge in [0.2, 0.25) is 0 Å². The molecule has 2 atom stereocenters. The minimum absolute atomic E-state index is 0.314. The summed E-state index contributed by atoms with van der Waals surface area (Å²) in [6, 6.07) is 12.0. The van der Waals surface area contributed by atoms with Gasteiger partial charge in [-0.2, -0.15) is 0 Å². The van der Waals surface area contributed by atoms with E-state index in [0.29, 0.717) is 23.8 Å². The van der Waals surface area contributed by atoms with Gasteiger partial charge in [0.25, 0.3) is 0 Å². The van der Waals surface area contributed by atoms with Gasteiger partial charge in [0.1, 0.15) is 5.78 Å². The molecule has 22 heavy (non-hydrogen) atoms. The van der Waals surface area contributed by atoms with Crippen LogP contribution in [-0.2, 0) is 11.3 Å². The maximum Gasteiger partial charge on any atom is 0.136 e. The molecule has 0 amide bonds. The van der Waals surface area contributed by atoms with Crippen molar-refractivity contribution in [2.45, 2.75) is 63.6 Å². The van der Waals surface area contributed by atoms with Crippen LogP contribution in [0, 0.1) is 5.92 Å². The number of fused-ring (bicyclic) bond motifs is 2. The Balaban J connectivity index is 1.57. The van der Waals surface area contributed by atoms with Gasteiger partial charge < -0.3 is 0 Å². The average Bonchev–Trinajstić information content (AvgIpc) is 2.77. The third-order valence-corrected chi connectivity index (χ3v) is 5.38. The molecule has 0 N–H and O–H groups in total. The highest BCUT2D eigenvalue weighted by Crippen LogP contribution is 2.40. The molecule has 2 nitrogen and oxygen atoms in total. The number of rotatable bonds is 7. The molecule has 2 saturated heterocycles. The minimum Gasteiger partial charge on any atom is -0.299 e. The first-order valence-corrected chi connectivity index (χ1v) is 8.71. The first kappa shape index (κ1) is 15.5. The number of unbranched alkanes of at least 4 members (excludes halogenated alkanes) is 1. The summed E-state index contributed by atoms with van der Waals surface area (Å²) in [5.41, 5.74) is 1.40. The van der Waals surface area contributed by atoms with Gasteiger partial charge in [-0.15, -0.1) is 6.58 Å². The third kappa shape index (κ3) is 3.49. The molecule has 3 rings (SSSR count). The van der Waals surface area contributed by atoms with Crippen LogP contribution in [0.5, 0.6) is 0 Å². The number of Topliss-reactive ketones (excluding diaryl/α,β-unsaturated/α-hetero) is 1. The molecule has 1 aromatic carbocycles. The zero-order valence-corrected chi connectivity index (χ0v) is 13.4. The predicted molar refractivity (Wildman–Crippen MR) is 90.6 cm³/mol. The molecule has 2 heteroatoms. The molecule has 2 bridgehead atoms. The highest BCUT2D eigenvalue weighted by atomic mass is 16.1. The monoisotopic (exact) mass is 297 g/mol. The van der Waals surface area contributed by atoms with Crippen molar-refractivity contribution >= 4 is 5.78 Å². The number of carbonyl (C=O) groups excluding carboxylic acids is 1. The molecular weight excluding hydrogens is 270 g/mol. The summed E-state index contributed by atoms with van der Waals surface area (Å²) in [6.45, 7) is 4.79. The highest BCUT2D eigenvalue weighted by molar-refractivity contribution is 5.81. The first-order chi connectivity index (χ1) is 10.8. The van der Waals surface area contributed by atoms with E-state index in [0.717, 1.165) is 38.6 Å². The third-order valence-electron chi connectivity index (χ3n) is 5.38. The van der Waals surface area contributed by atoms with Crippen molar-refractivity contribution in [3.8, 4) is 0 Å². The molecule has 2 aliphatic heterocycles. The number of ketones is 1. The summed E-state index contributed by atoms with van der Waals surface area (Å²) in [5.74, 6) is 0.812. The quantitative estimate of drug-likeness (QED) is 0.550. The Kier molecular flexibility index (Phi) is 5.09. The molecule has 118 valence electrons. The summed E-state index contributed by atoms with van der Waals surface area (Å²) in [4.78, 5) is 15.1. The van der Waals surface area contributed by atoms with Crippen LogP contribution in [0.15, 0.2) is 43.0 Å². The van der Waals surface area contributed by atoms with E-state index in [4.69, 9.17) is 0 Å². The Hall–Kier alpha value is -1.41. The number of piperidine rings is 1. The molecular formula is C20H27NO. The standard InChI is InChI=1S/C20H27NO/c1-2-3-5-10-20(22)17-13-18-11-12-19(14-17)21(18)15-16-8-6-4-7-9-16/h2,4,6-9,17-19H,1,3,5,10-15H2. The van der Waals surface area contributed by atoms with Crippen LogP contribution in [0.4, 0.5) is 0 Å². The number of hydrogen-bond acceptors (Lipinski definition) is 2. The number of hydrogen-bond donors (Lipinski definition) is 0. The Morgan fingerprint density at radius 1 is 1.18 bits per heavy atom. The zero-order chi connectivity index (χ0) is 15.4. The lowest BCUT2D eigenvalue weighted by atomic mass is 9.85. The van der Waals surface area contributed by atoms with Gasteiger partial charge in [-0.3, -0.25) is 9.69 Å². The Morgan fingerprint density at radius 2 is 1.86 bits per heavy atom. The smallest absolute Gasteiger partial charge is 0.136 e. The van der Waals surface area contributed by atoms with Crippen molar-refractivity contribution < 1.29 is 4.79 Å². The maximum atomic E-state index is 12.4. The fourth-order valence-corrected chi connectivity index (χ4v) is 4.21. The highest BCUT2D eigenvalue weighted by Gasteiger charge is 2.42. The SMILES string of the molecule is C=CCCCC(=O)C1CC2CCC(C1)N2Cc1ccccc1. The van der Waals surface area contributed by atoms with E-state index >= 15 is 0 Å². The van der Waals surface area contributed by atoms with Crippen molar-refractivity contribution in [1.82, 2.24) is 4.90 Å². The lowest BCUT2D eigenvalue weighted by Gasteiger charge is -2.38. The number of nitrogens with zero attached hydrogens (tertiary/aromatic N) is 1. The van der Waals surface area contributed by atoms with Crippen LogP contribution in [-0.4, -0.2) is 22.8 Å². The summed E-state index contributed by atoms with van der Waals surface area (Å²) in [6.07, 6.45) is 9.30. The van der Waals surface area contributed by atoms with E-state index in [1.165, 1.54) is 18.4 Å². The van der Waals surface area contributed by atoms with Crippen LogP contribution >= 0.6 is 0 Å². The number of carbonyl (C=O) groups is 1. The van der Waals surface area contributed by atoms with Gasteiger partial charge in [0.15, 0.2) is 0 Å². The summed E-state index contributed by atoms with van der Waals surface area (Å²) in [5, 5.41) is 0. The normalized spacial score (nSPS) is 27.7. The van der Waals surface area contributed by atoms with Crippen molar-refractivity contribution in [2.75, 3.05) is 0 Å². The van der Waals surface area contributed by atoms with E-state index in [2.05, 4.69) is 41.8 Å². The average molecular weight is 297 g/mol. The predicted octanol–water partition coefficient (Wildman–Crippen LogP) is 4.36. The Labute approximate surface area is 134 Å². The molecule has 2 unspecified atom stereocenters. The zero-order valence-electron chi connectivity index (χ0n) is 13.4. The van der Waals surface area contributed by atoms with Crippen molar-refractivity contribution in [3.63, 3.8) is 0 Å². The fraction of sp³-hybridized carbons (Fsp3) is 0.550. The van der Waals surface area contributed by atoms with E-state index in [1.807, 2.05) is 6.08 Å². The van der Waals surface area contributed by atoms with Gasteiger partial charge in [-0.25, -0.2) is 0 Å². The molecule has 0 aromatic heterocycles. The summed E-state index contributed by atoms with van der Waals surface area (Å²) in [7, 11) is 0. The second kappa shape index (κ2) is 7.23. The van der Waals surface area contributed by atoms with E-state index < -0.39 is 0 Å². The molecule has 0 aliphatic carbocycles. The molecule has 1 aromatic rings. The van der Waals surface area contributed by atoms with Crippen LogP contribution in [0.3, 0.4) is 0 Å².